The molecule has 0 amide bonds. The highest BCUT2D eigenvalue weighted by Crippen LogP contribution is 2.26. The molecule has 1 aromatic heterocycles. The maximum absolute atomic E-state index is 5.14. The highest BCUT2D eigenvalue weighted by molar-refractivity contribution is 5.20. The molecule has 0 radical (unpaired) electrons. The molecule has 0 unspecified atom stereocenters. The predicted molar refractivity (Wildman–Crippen MR) is 64.3 cm³/mol. The van der Waals surface area contributed by atoms with E-state index in [2.05, 4.69) is 10.5 Å². The second-order valence-electron chi connectivity index (χ2n) is 4.92. The summed E-state index contributed by atoms with van der Waals surface area (Å²) in [6.45, 7) is 6.00. The van der Waals surface area contributed by atoms with Crippen LogP contribution < -0.4 is 5.32 Å². The first-order chi connectivity index (χ1) is 7.77. The lowest BCUT2D eigenvalue weighted by Crippen LogP contribution is -2.17. The van der Waals surface area contributed by atoms with E-state index in [0.717, 1.165) is 30.5 Å². The average Bonchev–Trinajstić information content (AvgIpc) is 2.87. The Kier molecular flexibility index (Phi) is 3.99. The van der Waals surface area contributed by atoms with E-state index in [-0.39, 0.29) is 0 Å². The largest absolute Gasteiger partial charge is 0.361 e. The van der Waals surface area contributed by atoms with E-state index in [1.165, 1.54) is 37.7 Å². The second-order valence-corrected chi connectivity index (χ2v) is 4.92. The van der Waals surface area contributed by atoms with Gasteiger partial charge in [0.25, 0.3) is 0 Å². The number of hydrogen-bond acceptors (Lipinski definition) is 3. The van der Waals surface area contributed by atoms with Crippen molar-refractivity contribution in [2.24, 2.45) is 5.92 Å². The van der Waals surface area contributed by atoms with Crippen LogP contribution in [0.15, 0.2) is 4.52 Å². The van der Waals surface area contributed by atoms with E-state index >= 15 is 0 Å². The number of nitrogens with one attached hydrogen (secondary N) is 1. The minimum atomic E-state index is 0.897. The van der Waals surface area contributed by atoms with Crippen LogP contribution in [0.1, 0.15) is 49.1 Å². The van der Waals surface area contributed by atoms with Gasteiger partial charge in [-0.3, -0.25) is 0 Å². The minimum absolute atomic E-state index is 0.897. The molecule has 1 heterocycles. The van der Waals surface area contributed by atoms with Crippen LogP contribution in [0.5, 0.6) is 0 Å². The molecule has 0 aromatic carbocycles. The Bertz CT molecular complexity index is 307. The van der Waals surface area contributed by atoms with Gasteiger partial charge in [0.15, 0.2) is 0 Å². The maximum atomic E-state index is 5.14. The van der Waals surface area contributed by atoms with Crippen molar-refractivity contribution in [1.82, 2.24) is 10.5 Å². The molecular weight excluding hydrogens is 200 g/mol. The normalized spacial score (nSPS) is 17.1. The smallest absolute Gasteiger partial charge is 0.138 e. The van der Waals surface area contributed by atoms with Crippen LogP contribution in [0.2, 0.25) is 0 Å². The Morgan fingerprint density at radius 1 is 1.31 bits per heavy atom. The summed E-state index contributed by atoms with van der Waals surface area (Å²) in [5.41, 5.74) is 2.25. The van der Waals surface area contributed by atoms with Crippen molar-refractivity contribution in [3.8, 4) is 0 Å². The molecule has 0 saturated heterocycles. The van der Waals surface area contributed by atoms with Gasteiger partial charge in [0.2, 0.25) is 0 Å². The Hall–Kier alpha value is -0.830. The van der Waals surface area contributed by atoms with Gasteiger partial charge < -0.3 is 9.84 Å². The molecule has 0 bridgehead atoms. The van der Waals surface area contributed by atoms with E-state index < -0.39 is 0 Å². The van der Waals surface area contributed by atoms with Crippen LogP contribution in [0.4, 0.5) is 0 Å². The van der Waals surface area contributed by atoms with Gasteiger partial charge in [-0.05, 0) is 32.7 Å². The average molecular weight is 222 g/mol. The summed E-state index contributed by atoms with van der Waals surface area (Å²) in [4.78, 5) is 0. The van der Waals surface area contributed by atoms with Crippen molar-refractivity contribution in [1.29, 1.82) is 0 Å². The molecular formula is C13H22N2O. The second kappa shape index (κ2) is 5.48. The van der Waals surface area contributed by atoms with Gasteiger partial charge >= 0.3 is 0 Å². The molecule has 1 saturated carbocycles. The number of rotatable bonds is 5. The molecule has 2 rings (SSSR count). The summed E-state index contributed by atoms with van der Waals surface area (Å²) in [6, 6.07) is 0. The molecule has 0 spiro atoms. The van der Waals surface area contributed by atoms with Gasteiger partial charge in [-0.25, -0.2) is 0 Å². The summed E-state index contributed by atoms with van der Waals surface area (Å²) < 4.78 is 5.14. The fourth-order valence-corrected chi connectivity index (χ4v) is 2.57. The van der Waals surface area contributed by atoms with Crippen molar-refractivity contribution in [3.05, 3.63) is 17.0 Å². The fraction of sp³-hybridized carbons (Fsp3) is 0.769. The van der Waals surface area contributed by atoms with Gasteiger partial charge in [0.1, 0.15) is 5.76 Å². The SMILES string of the molecule is Cc1noc(C)c1CNCCC1CCCC1. The molecule has 1 fully saturated rings. The topological polar surface area (TPSA) is 38.1 Å². The molecule has 90 valence electrons. The molecule has 16 heavy (non-hydrogen) atoms. The summed E-state index contributed by atoms with van der Waals surface area (Å²) in [7, 11) is 0. The molecule has 0 aliphatic heterocycles. The van der Waals surface area contributed by atoms with Gasteiger partial charge in [-0.15, -0.1) is 0 Å². The van der Waals surface area contributed by atoms with Crippen LogP contribution >= 0.6 is 0 Å². The molecule has 0 atom stereocenters. The first-order valence-electron chi connectivity index (χ1n) is 6.40. The van der Waals surface area contributed by atoms with Crippen LogP contribution in [-0.4, -0.2) is 11.7 Å². The van der Waals surface area contributed by atoms with Gasteiger partial charge in [-0.2, -0.15) is 0 Å². The van der Waals surface area contributed by atoms with E-state index in [0.29, 0.717) is 0 Å². The van der Waals surface area contributed by atoms with Crippen LogP contribution in [0.25, 0.3) is 0 Å². The quantitative estimate of drug-likeness (QED) is 0.778. The molecule has 1 aliphatic carbocycles. The first kappa shape index (κ1) is 11.6. The van der Waals surface area contributed by atoms with Crippen molar-refractivity contribution >= 4 is 0 Å². The van der Waals surface area contributed by atoms with Gasteiger partial charge in [0, 0.05) is 12.1 Å². The number of aryl methyl sites for hydroxylation is 2. The lowest BCUT2D eigenvalue weighted by atomic mass is 10.0. The molecule has 3 nitrogen and oxygen atoms in total. The molecule has 1 N–H and O–H groups in total. The van der Waals surface area contributed by atoms with Crippen molar-refractivity contribution < 1.29 is 4.52 Å². The summed E-state index contributed by atoms with van der Waals surface area (Å²) in [5, 5.41) is 7.45. The standard InChI is InChI=1S/C13H22N2O/c1-10-13(11(2)16-15-10)9-14-8-7-12-5-3-4-6-12/h12,14H,3-9H2,1-2H3. The van der Waals surface area contributed by atoms with Crippen molar-refractivity contribution in [3.63, 3.8) is 0 Å². The Balaban J connectivity index is 1.67. The highest BCUT2D eigenvalue weighted by atomic mass is 16.5. The lowest BCUT2D eigenvalue weighted by molar-refractivity contribution is 0.391. The van der Waals surface area contributed by atoms with E-state index in [9.17, 15) is 0 Å². The third kappa shape index (κ3) is 2.85. The van der Waals surface area contributed by atoms with E-state index in [4.69, 9.17) is 4.52 Å². The number of aromatic nitrogens is 1. The van der Waals surface area contributed by atoms with Crippen molar-refractivity contribution in [2.75, 3.05) is 6.54 Å². The molecule has 1 aromatic rings. The third-order valence-electron chi connectivity index (χ3n) is 3.69. The zero-order valence-electron chi connectivity index (χ0n) is 10.4. The van der Waals surface area contributed by atoms with Crippen LogP contribution in [0.3, 0.4) is 0 Å². The van der Waals surface area contributed by atoms with Gasteiger partial charge in [0.05, 0.1) is 5.69 Å². The Labute approximate surface area is 97.6 Å². The zero-order valence-corrected chi connectivity index (χ0v) is 10.4. The third-order valence-corrected chi connectivity index (χ3v) is 3.69. The fourth-order valence-electron chi connectivity index (χ4n) is 2.57. The maximum Gasteiger partial charge on any atom is 0.138 e. The Morgan fingerprint density at radius 2 is 2.06 bits per heavy atom. The highest BCUT2D eigenvalue weighted by Gasteiger charge is 2.14. The van der Waals surface area contributed by atoms with Crippen LogP contribution in [-0.2, 0) is 6.54 Å². The van der Waals surface area contributed by atoms with E-state index in [1.807, 2.05) is 13.8 Å². The zero-order chi connectivity index (χ0) is 11.4. The lowest BCUT2D eigenvalue weighted by Gasteiger charge is -2.09. The predicted octanol–water partition coefficient (Wildman–Crippen LogP) is 2.96. The summed E-state index contributed by atoms with van der Waals surface area (Å²) in [5.74, 6) is 1.92. The van der Waals surface area contributed by atoms with Gasteiger partial charge in [-0.1, -0.05) is 30.8 Å². The minimum Gasteiger partial charge on any atom is -0.361 e. The summed E-state index contributed by atoms with van der Waals surface area (Å²) in [6.07, 6.45) is 7.08. The van der Waals surface area contributed by atoms with Crippen molar-refractivity contribution in [2.45, 2.75) is 52.5 Å². The monoisotopic (exact) mass is 222 g/mol. The number of hydrogen-bond donors (Lipinski definition) is 1. The van der Waals surface area contributed by atoms with E-state index in [1.54, 1.807) is 0 Å². The molecule has 1 aliphatic rings. The Morgan fingerprint density at radius 3 is 2.69 bits per heavy atom. The van der Waals surface area contributed by atoms with Crippen LogP contribution in [0, 0.1) is 19.8 Å². The summed E-state index contributed by atoms with van der Waals surface area (Å²) >= 11 is 0. The first-order valence-corrected chi connectivity index (χ1v) is 6.40. The molecule has 3 heteroatoms. The number of nitrogens with zero attached hydrogens (tertiary/aromatic N) is 1.